The Morgan fingerprint density at radius 3 is 3.00 bits per heavy atom. The molecule has 1 N–H and O–H groups in total. The van der Waals surface area contributed by atoms with Gasteiger partial charge in [-0.1, -0.05) is 6.92 Å². The van der Waals surface area contributed by atoms with Gasteiger partial charge in [0, 0.05) is 32.9 Å². The van der Waals surface area contributed by atoms with E-state index in [1.54, 1.807) is 4.90 Å². The zero-order valence-corrected chi connectivity index (χ0v) is 14.4. The molecular formula is C17H22N4O4. The van der Waals surface area contributed by atoms with Gasteiger partial charge in [0.15, 0.2) is 0 Å². The lowest BCUT2D eigenvalue weighted by molar-refractivity contribution is 0.00210. The third kappa shape index (κ3) is 3.48. The Morgan fingerprint density at radius 2 is 2.24 bits per heavy atom. The van der Waals surface area contributed by atoms with E-state index < -0.39 is 11.2 Å². The van der Waals surface area contributed by atoms with Crippen LogP contribution in [-0.2, 0) is 11.8 Å². The zero-order chi connectivity index (χ0) is 18.0. The summed E-state index contributed by atoms with van der Waals surface area (Å²) in [5.74, 6) is -0.174. The smallest absolute Gasteiger partial charge is 0.329 e. The second-order valence-electron chi connectivity index (χ2n) is 6.30. The van der Waals surface area contributed by atoms with Gasteiger partial charge in [-0.25, -0.2) is 9.78 Å². The van der Waals surface area contributed by atoms with E-state index in [0.29, 0.717) is 25.3 Å². The normalized spacial score (nSPS) is 17.8. The minimum Gasteiger partial charge on any atom is -0.376 e. The molecule has 1 amide bonds. The number of aromatic nitrogens is 3. The minimum atomic E-state index is -0.539. The van der Waals surface area contributed by atoms with Crippen LogP contribution in [0, 0.1) is 0 Å². The van der Waals surface area contributed by atoms with Gasteiger partial charge in [0.2, 0.25) is 0 Å². The van der Waals surface area contributed by atoms with Crippen molar-refractivity contribution in [2.75, 3.05) is 19.7 Å². The molecule has 0 unspecified atom stereocenters. The maximum Gasteiger partial charge on any atom is 0.329 e. The fourth-order valence-electron chi connectivity index (χ4n) is 3.08. The molecule has 0 aromatic carbocycles. The van der Waals surface area contributed by atoms with Crippen molar-refractivity contribution in [3.05, 3.63) is 38.7 Å². The summed E-state index contributed by atoms with van der Waals surface area (Å²) in [5, 5.41) is 0.226. The molecule has 1 atom stereocenters. The average Bonchev–Trinajstić information content (AvgIpc) is 2.63. The number of nitrogens with zero attached hydrogens (tertiary/aromatic N) is 3. The fraction of sp³-hybridized carbons (Fsp3) is 0.529. The Bertz CT molecular complexity index is 902. The molecule has 0 radical (unpaired) electrons. The highest BCUT2D eigenvalue weighted by Crippen LogP contribution is 2.17. The average molecular weight is 346 g/mol. The summed E-state index contributed by atoms with van der Waals surface area (Å²) >= 11 is 0. The largest absolute Gasteiger partial charge is 0.376 e. The lowest BCUT2D eigenvalue weighted by Gasteiger charge is -2.32. The predicted molar refractivity (Wildman–Crippen MR) is 92.8 cm³/mol. The Morgan fingerprint density at radius 1 is 1.44 bits per heavy atom. The lowest BCUT2D eigenvalue weighted by atomic mass is 10.1. The standard InChI is InChI=1S/C17H22N4O4/c1-3-7-25-12-5-4-6-21(10-12)16(23)11-8-13-14(18-9-11)20(2)17(24)19-15(13)22/h8-9,12H,3-7,10H2,1-2H3,(H,19,22,24)/t12-/m0/s1. The molecule has 0 spiro atoms. The van der Waals surface area contributed by atoms with E-state index in [2.05, 4.69) is 16.9 Å². The van der Waals surface area contributed by atoms with Crippen LogP contribution in [0.15, 0.2) is 21.9 Å². The molecule has 1 aliphatic heterocycles. The van der Waals surface area contributed by atoms with Gasteiger partial charge < -0.3 is 9.64 Å². The number of H-pyrrole nitrogens is 1. The van der Waals surface area contributed by atoms with Crippen LogP contribution in [0.25, 0.3) is 11.0 Å². The van der Waals surface area contributed by atoms with E-state index in [9.17, 15) is 14.4 Å². The molecule has 8 nitrogen and oxygen atoms in total. The fourth-order valence-corrected chi connectivity index (χ4v) is 3.08. The van der Waals surface area contributed by atoms with E-state index in [-0.39, 0.29) is 23.0 Å². The van der Waals surface area contributed by atoms with Crippen LogP contribution in [0.5, 0.6) is 0 Å². The summed E-state index contributed by atoms with van der Waals surface area (Å²) in [6, 6.07) is 1.50. The summed E-state index contributed by atoms with van der Waals surface area (Å²) in [4.78, 5) is 44.5. The Hall–Kier alpha value is -2.48. The number of rotatable bonds is 4. The molecule has 0 aliphatic carbocycles. The highest BCUT2D eigenvalue weighted by atomic mass is 16.5. The van der Waals surface area contributed by atoms with Crippen LogP contribution < -0.4 is 11.2 Å². The van der Waals surface area contributed by atoms with Gasteiger partial charge in [-0.3, -0.25) is 19.1 Å². The second kappa shape index (κ2) is 7.18. The Balaban J connectivity index is 1.87. The lowest BCUT2D eigenvalue weighted by Crippen LogP contribution is -2.43. The van der Waals surface area contributed by atoms with E-state index in [1.165, 1.54) is 23.9 Å². The molecule has 1 saturated heterocycles. The van der Waals surface area contributed by atoms with Crippen LogP contribution in [0.3, 0.4) is 0 Å². The van der Waals surface area contributed by atoms with Crippen molar-refractivity contribution in [1.29, 1.82) is 0 Å². The molecule has 2 aromatic heterocycles. The van der Waals surface area contributed by atoms with Crippen LogP contribution in [0.4, 0.5) is 0 Å². The summed E-state index contributed by atoms with van der Waals surface area (Å²) in [5.41, 5.74) is -0.472. The highest BCUT2D eigenvalue weighted by Gasteiger charge is 2.25. The molecule has 25 heavy (non-hydrogen) atoms. The van der Waals surface area contributed by atoms with Crippen LogP contribution in [0.2, 0.25) is 0 Å². The quantitative estimate of drug-likeness (QED) is 0.877. The van der Waals surface area contributed by atoms with E-state index in [1.807, 2.05) is 0 Å². The molecule has 3 rings (SSSR count). The van der Waals surface area contributed by atoms with Crippen LogP contribution >= 0.6 is 0 Å². The number of piperidine rings is 1. The molecular weight excluding hydrogens is 324 g/mol. The number of pyridine rings is 1. The topological polar surface area (TPSA) is 97.3 Å². The summed E-state index contributed by atoms with van der Waals surface area (Å²) < 4.78 is 7.01. The van der Waals surface area contributed by atoms with Gasteiger partial charge in [0.1, 0.15) is 5.65 Å². The summed E-state index contributed by atoms with van der Waals surface area (Å²) in [6.45, 7) is 3.94. The number of carbonyl (C=O) groups is 1. The first kappa shape index (κ1) is 17.3. The molecule has 0 saturated carbocycles. The summed E-state index contributed by atoms with van der Waals surface area (Å²) in [6.07, 6.45) is 4.24. The van der Waals surface area contributed by atoms with Crippen molar-refractivity contribution >= 4 is 16.9 Å². The number of ether oxygens (including phenoxy) is 1. The summed E-state index contributed by atoms with van der Waals surface area (Å²) in [7, 11) is 1.52. The predicted octanol–water partition coefficient (Wildman–Crippen LogP) is 0.653. The number of likely N-dealkylation sites (tertiary alicyclic amines) is 1. The first-order valence-electron chi connectivity index (χ1n) is 8.51. The molecule has 3 heterocycles. The molecule has 1 aliphatic rings. The number of hydrogen-bond donors (Lipinski definition) is 1. The monoisotopic (exact) mass is 346 g/mol. The SMILES string of the molecule is CCCO[C@H]1CCCN(C(=O)c2cnc3c(c2)c(=O)[nH]c(=O)n3C)C1. The van der Waals surface area contributed by atoms with Gasteiger partial charge in [-0.2, -0.15) is 0 Å². The van der Waals surface area contributed by atoms with E-state index in [4.69, 9.17) is 4.74 Å². The van der Waals surface area contributed by atoms with E-state index >= 15 is 0 Å². The van der Waals surface area contributed by atoms with Crippen LogP contribution in [0.1, 0.15) is 36.5 Å². The molecule has 134 valence electrons. The number of hydrogen-bond acceptors (Lipinski definition) is 5. The molecule has 1 fully saturated rings. The van der Waals surface area contributed by atoms with Crippen molar-refractivity contribution in [2.45, 2.75) is 32.3 Å². The maximum atomic E-state index is 12.8. The number of nitrogens with one attached hydrogen (secondary N) is 1. The number of carbonyl (C=O) groups excluding carboxylic acids is 1. The Labute approximate surface area is 144 Å². The number of aromatic amines is 1. The third-order valence-corrected chi connectivity index (χ3v) is 4.42. The van der Waals surface area contributed by atoms with Gasteiger partial charge in [-0.15, -0.1) is 0 Å². The van der Waals surface area contributed by atoms with Gasteiger partial charge >= 0.3 is 5.69 Å². The van der Waals surface area contributed by atoms with E-state index in [0.717, 1.165) is 19.3 Å². The molecule has 2 aromatic rings. The third-order valence-electron chi connectivity index (χ3n) is 4.42. The van der Waals surface area contributed by atoms with Crippen molar-refractivity contribution in [3.8, 4) is 0 Å². The van der Waals surface area contributed by atoms with Gasteiger partial charge in [0.25, 0.3) is 11.5 Å². The molecule has 8 heteroatoms. The van der Waals surface area contributed by atoms with Crippen molar-refractivity contribution in [2.24, 2.45) is 7.05 Å². The maximum absolute atomic E-state index is 12.8. The number of aryl methyl sites for hydroxylation is 1. The number of fused-ring (bicyclic) bond motifs is 1. The van der Waals surface area contributed by atoms with Crippen LogP contribution in [-0.4, -0.2) is 51.1 Å². The first-order valence-corrected chi connectivity index (χ1v) is 8.51. The first-order chi connectivity index (χ1) is 12.0. The highest BCUT2D eigenvalue weighted by molar-refractivity contribution is 5.96. The Kier molecular flexibility index (Phi) is 4.98. The molecule has 0 bridgehead atoms. The van der Waals surface area contributed by atoms with Gasteiger partial charge in [0.05, 0.1) is 17.1 Å². The van der Waals surface area contributed by atoms with Crippen molar-refractivity contribution in [1.82, 2.24) is 19.4 Å². The zero-order valence-electron chi connectivity index (χ0n) is 14.4. The van der Waals surface area contributed by atoms with Crippen molar-refractivity contribution in [3.63, 3.8) is 0 Å². The second-order valence-corrected chi connectivity index (χ2v) is 6.30. The number of amides is 1. The van der Waals surface area contributed by atoms with Gasteiger partial charge in [-0.05, 0) is 25.3 Å². The minimum absolute atomic E-state index is 0.0512. The van der Waals surface area contributed by atoms with Crippen molar-refractivity contribution < 1.29 is 9.53 Å².